The Bertz CT molecular complexity index is 298. The van der Waals surface area contributed by atoms with Gasteiger partial charge in [-0.15, -0.1) is 0 Å². The van der Waals surface area contributed by atoms with Gasteiger partial charge in [0.25, 0.3) is 0 Å². The predicted molar refractivity (Wildman–Crippen MR) is 70.8 cm³/mol. The summed E-state index contributed by atoms with van der Waals surface area (Å²) in [7, 11) is 0. The Morgan fingerprint density at radius 1 is 1.00 bits per heavy atom. The maximum absolute atomic E-state index is 5.60. The van der Waals surface area contributed by atoms with Crippen LogP contribution in [-0.4, -0.2) is 37.1 Å². The van der Waals surface area contributed by atoms with Crippen LogP contribution in [0.2, 0.25) is 0 Å². The van der Waals surface area contributed by atoms with Gasteiger partial charge >= 0.3 is 0 Å². The average molecular weight is 240 g/mol. The summed E-state index contributed by atoms with van der Waals surface area (Å²) in [6.07, 6.45) is 0.889. The largest absolute Gasteiger partial charge is 0.480 e. The van der Waals surface area contributed by atoms with Crippen LogP contribution >= 0.6 is 0 Å². The van der Waals surface area contributed by atoms with E-state index in [1.165, 1.54) is 0 Å². The highest BCUT2D eigenvalue weighted by Gasteiger charge is 2.30. The lowest BCUT2D eigenvalue weighted by atomic mass is 10.0. The van der Waals surface area contributed by atoms with E-state index in [4.69, 9.17) is 9.47 Å². The van der Waals surface area contributed by atoms with E-state index in [2.05, 4.69) is 30.8 Å². The van der Waals surface area contributed by atoms with Gasteiger partial charge in [0, 0.05) is 0 Å². The van der Waals surface area contributed by atoms with Crippen molar-refractivity contribution in [1.82, 2.24) is 0 Å². The van der Waals surface area contributed by atoms with Gasteiger partial charge in [0.05, 0.1) is 13.2 Å². The molecule has 0 saturated carbocycles. The van der Waals surface area contributed by atoms with Gasteiger partial charge in [0.2, 0.25) is 11.8 Å². The highest BCUT2D eigenvalue weighted by Crippen LogP contribution is 2.19. The fourth-order valence-corrected chi connectivity index (χ4v) is 1.82. The third kappa shape index (κ3) is 3.45. The molecule has 17 heavy (non-hydrogen) atoms. The normalized spacial score (nSPS) is 24.4. The molecular formula is C13H24N2O2. The Kier molecular flexibility index (Phi) is 5.45. The van der Waals surface area contributed by atoms with Crippen LogP contribution in [0.25, 0.3) is 0 Å². The van der Waals surface area contributed by atoms with Crippen molar-refractivity contribution in [2.75, 3.05) is 13.2 Å². The first-order valence-corrected chi connectivity index (χ1v) is 6.54. The van der Waals surface area contributed by atoms with E-state index >= 15 is 0 Å². The second-order valence-electron chi connectivity index (χ2n) is 4.41. The zero-order chi connectivity index (χ0) is 12.8. The minimum absolute atomic E-state index is 0.000648. The summed E-state index contributed by atoms with van der Waals surface area (Å²) in [6.45, 7) is 11.6. The molecule has 1 aliphatic heterocycles. The summed E-state index contributed by atoms with van der Waals surface area (Å²) >= 11 is 0. The van der Waals surface area contributed by atoms with Gasteiger partial charge in [-0.2, -0.15) is 0 Å². The molecule has 1 rings (SSSR count). The van der Waals surface area contributed by atoms with E-state index in [0.717, 1.165) is 18.2 Å². The van der Waals surface area contributed by atoms with Crippen molar-refractivity contribution >= 4 is 11.8 Å². The van der Waals surface area contributed by atoms with E-state index in [-0.39, 0.29) is 12.1 Å². The standard InChI is InChI=1S/C13H24N2O2/c1-6-10-12(16-7-2)15-11(9(4)5)13(14-10)17-8-3/h9-11H,6-8H2,1-5H3/t10-,11+/m1/s1. The molecule has 4 nitrogen and oxygen atoms in total. The first-order valence-electron chi connectivity index (χ1n) is 6.54. The topological polar surface area (TPSA) is 43.2 Å². The molecular weight excluding hydrogens is 216 g/mol. The fourth-order valence-electron chi connectivity index (χ4n) is 1.82. The Morgan fingerprint density at radius 2 is 1.59 bits per heavy atom. The molecule has 1 heterocycles. The lowest BCUT2D eigenvalue weighted by Crippen LogP contribution is -2.38. The zero-order valence-electron chi connectivity index (χ0n) is 11.6. The minimum atomic E-state index is -0.000648. The van der Waals surface area contributed by atoms with Crippen molar-refractivity contribution in [2.24, 2.45) is 15.9 Å². The van der Waals surface area contributed by atoms with Crippen molar-refractivity contribution in [1.29, 1.82) is 0 Å². The summed E-state index contributed by atoms with van der Waals surface area (Å²) in [4.78, 5) is 9.29. The molecule has 0 aromatic rings. The second kappa shape index (κ2) is 6.62. The van der Waals surface area contributed by atoms with Crippen LogP contribution in [0.1, 0.15) is 41.0 Å². The molecule has 0 aromatic heterocycles. The highest BCUT2D eigenvalue weighted by molar-refractivity contribution is 5.94. The number of ether oxygens (including phenoxy) is 2. The molecule has 1 aliphatic rings. The van der Waals surface area contributed by atoms with E-state index in [9.17, 15) is 0 Å². The Hall–Kier alpha value is -1.06. The smallest absolute Gasteiger partial charge is 0.210 e. The third-order valence-corrected chi connectivity index (χ3v) is 2.69. The Balaban J connectivity index is 2.92. The Morgan fingerprint density at radius 3 is 2.06 bits per heavy atom. The van der Waals surface area contributed by atoms with Crippen LogP contribution in [0, 0.1) is 5.92 Å². The third-order valence-electron chi connectivity index (χ3n) is 2.69. The summed E-state index contributed by atoms with van der Waals surface area (Å²) in [5.41, 5.74) is 0. The molecule has 4 heteroatoms. The number of hydrogen-bond acceptors (Lipinski definition) is 4. The molecule has 0 radical (unpaired) electrons. The summed E-state index contributed by atoms with van der Waals surface area (Å²) < 4.78 is 11.2. The van der Waals surface area contributed by atoms with Crippen LogP contribution in [-0.2, 0) is 9.47 Å². The van der Waals surface area contributed by atoms with E-state index in [1.54, 1.807) is 0 Å². The zero-order valence-corrected chi connectivity index (χ0v) is 11.6. The quantitative estimate of drug-likeness (QED) is 0.758. The molecule has 0 aromatic carbocycles. The SMILES string of the molecule is CCOC1=N[C@H](CC)C(OCC)=N[C@H]1C(C)C. The lowest BCUT2D eigenvalue weighted by molar-refractivity contribution is 0.275. The van der Waals surface area contributed by atoms with Crippen molar-refractivity contribution in [2.45, 2.75) is 53.1 Å². The lowest BCUT2D eigenvalue weighted by Gasteiger charge is -2.27. The monoisotopic (exact) mass is 240 g/mol. The number of rotatable bonds is 4. The van der Waals surface area contributed by atoms with E-state index in [0.29, 0.717) is 19.1 Å². The molecule has 98 valence electrons. The van der Waals surface area contributed by atoms with Crippen molar-refractivity contribution < 1.29 is 9.47 Å². The highest BCUT2D eigenvalue weighted by atomic mass is 16.5. The second-order valence-corrected chi connectivity index (χ2v) is 4.41. The molecule has 0 saturated heterocycles. The number of aliphatic imine (C=N–C) groups is 2. The van der Waals surface area contributed by atoms with Crippen molar-refractivity contribution in [3.05, 3.63) is 0 Å². The van der Waals surface area contributed by atoms with Gasteiger partial charge in [-0.25, -0.2) is 9.98 Å². The van der Waals surface area contributed by atoms with E-state index < -0.39 is 0 Å². The molecule has 0 unspecified atom stereocenters. The number of nitrogens with zero attached hydrogens (tertiary/aromatic N) is 2. The van der Waals surface area contributed by atoms with Crippen LogP contribution in [0.15, 0.2) is 9.98 Å². The van der Waals surface area contributed by atoms with Gasteiger partial charge in [-0.1, -0.05) is 20.8 Å². The maximum Gasteiger partial charge on any atom is 0.210 e. The van der Waals surface area contributed by atoms with Gasteiger partial charge in [0.1, 0.15) is 12.1 Å². The Labute approximate surface area is 104 Å². The molecule has 0 amide bonds. The average Bonchev–Trinajstić information content (AvgIpc) is 2.30. The first-order chi connectivity index (χ1) is 8.13. The summed E-state index contributed by atoms with van der Waals surface area (Å²) in [6, 6.07) is 0.0193. The maximum atomic E-state index is 5.60. The predicted octanol–water partition coefficient (Wildman–Crippen LogP) is 2.67. The van der Waals surface area contributed by atoms with Crippen LogP contribution in [0.4, 0.5) is 0 Å². The fraction of sp³-hybridized carbons (Fsp3) is 0.846. The molecule has 2 atom stereocenters. The van der Waals surface area contributed by atoms with E-state index in [1.807, 2.05) is 13.8 Å². The summed E-state index contributed by atoms with van der Waals surface area (Å²) in [5.74, 6) is 1.89. The molecule has 0 aliphatic carbocycles. The molecule has 0 bridgehead atoms. The molecule has 0 N–H and O–H groups in total. The van der Waals surface area contributed by atoms with Gasteiger partial charge in [-0.05, 0) is 26.2 Å². The number of hydrogen-bond donors (Lipinski definition) is 0. The first kappa shape index (κ1) is 14.0. The van der Waals surface area contributed by atoms with Crippen LogP contribution in [0.3, 0.4) is 0 Å². The minimum Gasteiger partial charge on any atom is -0.480 e. The van der Waals surface area contributed by atoms with Crippen molar-refractivity contribution in [3.63, 3.8) is 0 Å². The van der Waals surface area contributed by atoms with Gasteiger partial charge < -0.3 is 9.47 Å². The van der Waals surface area contributed by atoms with Crippen LogP contribution < -0.4 is 0 Å². The van der Waals surface area contributed by atoms with Crippen LogP contribution in [0.5, 0.6) is 0 Å². The van der Waals surface area contributed by atoms with Crippen molar-refractivity contribution in [3.8, 4) is 0 Å². The van der Waals surface area contributed by atoms with Gasteiger partial charge in [-0.3, -0.25) is 0 Å². The summed E-state index contributed by atoms with van der Waals surface area (Å²) in [5, 5.41) is 0. The molecule has 0 fully saturated rings. The van der Waals surface area contributed by atoms with Gasteiger partial charge in [0.15, 0.2) is 0 Å². The molecule has 0 spiro atoms.